The zero-order chi connectivity index (χ0) is 10.9. The molecule has 0 aliphatic heterocycles. The van der Waals surface area contributed by atoms with Crippen molar-refractivity contribution in [1.82, 2.24) is 10.3 Å². The van der Waals surface area contributed by atoms with Crippen LogP contribution in [0.5, 0.6) is 5.75 Å². The maximum Gasteiger partial charge on any atom is 0.137 e. The standard InChI is InChI=1S/C12H20N2O/c1-3-13-8-4-6-11(2)15-12-7-5-9-14-10-12/h5,7,9-11,13H,3-4,6,8H2,1-2H3. The molecule has 3 heteroatoms. The van der Waals surface area contributed by atoms with Gasteiger partial charge in [-0.15, -0.1) is 0 Å². The summed E-state index contributed by atoms with van der Waals surface area (Å²) in [6.07, 6.45) is 5.98. The second-order valence-corrected chi connectivity index (χ2v) is 3.61. The molecule has 84 valence electrons. The van der Waals surface area contributed by atoms with Gasteiger partial charge in [0.2, 0.25) is 0 Å². The van der Waals surface area contributed by atoms with Gasteiger partial charge >= 0.3 is 0 Å². The molecule has 1 aromatic heterocycles. The van der Waals surface area contributed by atoms with Crippen molar-refractivity contribution in [2.24, 2.45) is 0 Å². The van der Waals surface area contributed by atoms with Crippen molar-refractivity contribution in [2.75, 3.05) is 13.1 Å². The Kier molecular flexibility index (Phi) is 5.78. The molecular weight excluding hydrogens is 188 g/mol. The number of rotatable bonds is 7. The van der Waals surface area contributed by atoms with E-state index in [1.54, 1.807) is 12.4 Å². The molecule has 0 aliphatic carbocycles. The van der Waals surface area contributed by atoms with Gasteiger partial charge in [0.25, 0.3) is 0 Å². The van der Waals surface area contributed by atoms with Gasteiger partial charge < -0.3 is 10.1 Å². The lowest BCUT2D eigenvalue weighted by molar-refractivity contribution is 0.207. The van der Waals surface area contributed by atoms with Crippen molar-refractivity contribution >= 4 is 0 Å². The second kappa shape index (κ2) is 7.23. The minimum Gasteiger partial charge on any atom is -0.489 e. The summed E-state index contributed by atoms with van der Waals surface area (Å²) in [5.41, 5.74) is 0. The zero-order valence-electron chi connectivity index (χ0n) is 9.57. The molecule has 0 bridgehead atoms. The molecule has 1 atom stereocenters. The molecule has 1 rings (SSSR count). The Bertz CT molecular complexity index is 251. The van der Waals surface area contributed by atoms with E-state index in [0.717, 1.165) is 31.7 Å². The normalized spacial score (nSPS) is 12.4. The van der Waals surface area contributed by atoms with Gasteiger partial charge in [0.1, 0.15) is 5.75 Å². The summed E-state index contributed by atoms with van der Waals surface area (Å²) in [7, 11) is 0. The number of ether oxygens (including phenoxy) is 1. The van der Waals surface area contributed by atoms with Crippen LogP contribution in [0.15, 0.2) is 24.5 Å². The lowest BCUT2D eigenvalue weighted by Crippen LogP contribution is -2.18. The molecule has 1 aromatic rings. The van der Waals surface area contributed by atoms with Crippen molar-refractivity contribution in [3.05, 3.63) is 24.5 Å². The van der Waals surface area contributed by atoms with Crippen molar-refractivity contribution in [2.45, 2.75) is 32.8 Å². The van der Waals surface area contributed by atoms with E-state index in [2.05, 4.69) is 24.1 Å². The monoisotopic (exact) mass is 208 g/mol. The molecule has 0 amide bonds. The fourth-order valence-corrected chi connectivity index (χ4v) is 1.40. The number of hydrogen-bond donors (Lipinski definition) is 1. The first-order valence-corrected chi connectivity index (χ1v) is 5.60. The third kappa shape index (κ3) is 5.37. The number of pyridine rings is 1. The summed E-state index contributed by atoms with van der Waals surface area (Å²) in [5, 5.41) is 3.30. The van der Waals surface area contributed by atoms with Crippen LogP contribution in [0.1, 0.15) is 26.7 Å². The smallest absolute Gasteiger partial charge is 0.137 e. The highest BCUT2D eigenvalue weighted by Gasteiger charge is 2.02. The predicted molar refractivity (Wildman–Crippen MR) is 62.1 cm³/mol. The molecule has 0 aromatic carbocycles. The Morgan fingerprint density at radius 3 is 3.07 bits per heavy atom. The van der Waals surface area contributed by atoms with Crippen molar-refractivity contribution in [1.29, 1.82) is 0 Å². The van der Waals surface area contributed by atoms with Crippen LogP contribution in [0.2, 0.25) is 0 Å². The van der Waals surface area contributed by atoms with E-state index in [1.165, 1.54) is 0 Å². The molecule has 1 heterocycles. The SMILES string of the molecule is CCNCCCC(C)Oc1cccnc1. The van der Waals surface area contributed by atoms with Gasteiger partial charge in [0.05, 0.1) is 12.3 Å². The Labute approximate surface area is 91.9 Å². The summed E-state index contributed by atoms with van der Waals surface area (Å²) in [6, 6.07) is 3.83. The van der Waals surface area contributed by atoms with Crippen LogP contribution in [0.4, 0.5) is 0 Å². The number of nitrogens with one attached hydrogen (secondary N) is 1. The molecule has 1 N–H and O–H groups in total. The van der Waals surface area contributed by atoms with Crippen LogP contribution in [0.25, 0.3) is 0 Å². The molecule has 0 spiro atoms. The summed E-state index contributed by atoms with van der Waals surface area (Å²) in [4.78, 5) is 4.01. The summed E-state index contributed by atoms with van der Waals surface area (Å²) < 4.78 is 5.70. The predicted octanol–water partition coefficient (Wildman–Crippen LogP) is 2.24. The van der Waals surface area contributed by atoms with E-state index in [0.29, 0.717) is 0 Å². The maximum atomic E-state index is 5.70. The van der Waals surface area contributed by atoms with Crippen molar-refractivity contribution < 1.29 is 4.74 Å². The van der Waals surface area contributed by atoms with Gasteiger partial charge in [-0.2, -0.15) is 0 Å². The molecule has 0 saturated carbocycles. The molecule has 3 nitrogen and oxygen atoms in total. The minimum absolute atomic E-state index is 0.257. The Balaban J connectivity index is 2.16. The van der Waals surface area contributed by atoms with Gasteiger partial charge in [0.15, 0.2) is 0 Å². The first-order valence-electron chi connectivity index (χ1n) is 5.60. The van der Waals surface area contributed by atoms with E-state index in [9.17, 15) is 0 Å². The highest BCUT2D eigenvalue weighted by atomic mass is 16.5. The van der Waals surface area contributed by atoms with E-state index in [-0.39, 0.29) is 6.10 Å². The lowest BCUT2D eigenvalue weighted by Gasteiger charge is -2.14. The fourth-order valence-electron chi connectivity index (χ4n) is 1.40. The summed E-state index contributed by atoms with van der Waals surface area (Å²) in [5.74, 6) is 0.855. The highest BCUT2D eigenvalue weighted by Crippen LogP contribution is 2.11. The molecule has 1 unspecified atom stereocenters. The van der Waals surface area contributed by atoms with Crippen LogP contribution < -0.4 is 10.1 Å². The first kappa shape index (κ1) is 12.0. The lowest BCUT2D eigenvalue weighted by atomic mass is 10.2. The highest BCUT2D eigenvalue weighted by molar-refractivity contribution is 5.15. The number of aromatic nitrogens is 1. The Hall–Kier alpha value is -1.09. The van der Waals surface area contributed by atoms with Gasteiger partial charge in [-0.1, -0.05) is 6.92 Å². The average molecular weight is 208 g/mol. The minimum atomic E-state index is 0.257. The van der Waals surface area contributed by atoms with E-state index in [1.807, 2.05) is 12.1 Å². The van der Waals surface area contributed by atoms with Gasteiger partial charge in [-0.3, -0.25) is 4.98 Å². The van der Waals surface area contributed by atoms with Gasteiger partial charge in [-0.05, 0) is 45.0 Å². The molecule has 0 radical (unpaired) electrons. The van der Waals surface area contributed by atoms with E-state index in [4.69, 9.17) is 4.74 Å². The van der Waals surface area contributed by atoms with Crippen LogP contribution in [0.3, 0.4) is 0 Å². The molecule has 0 aliphatic rings. The average Bonchev–Trinajstić information content (AvgIpc) is 2.26. The first-order chi connectivity index (χ1) is 7.33. The molecule has 0 fully saturated rings. The van der Waals surface area contributed by atoms with Gasteiger partial charge in [0, 0.05) is 6.20 Å². The van der Waals surface area contributed by atoms with E-state index >= 15 is 0 Å². The third-order valence-electron chi connectivity index (χ3n) is 2.19. The summed E-state index contributed by atoms with van der Waals surface area (Å²) >= 11 is 0. The number of nitrogens with zero attached hydrogens (tertiary/aromatic N) is 1. The molecule has 15 heavy (non-hydrogen) atoms. The second-order valence-electron chi connectivity index (χ2n) is 3.61. The van der Waals surface area contributed by atoms with Gasteiger partial charge in [-0.25, -0.2) is 0 Å². The Morgan fingerprint density at radius 2 is 2.40 bits per heavy atom. The maximum absolute atomic E-state index is 5.70. The third-order valence-corrected chi connectivity index (χ3v) is 2.19. The topological polar surface area (TPSA) is 34.1 Å². The van der Waals surface area contributed by atoms with Crippen LogP contribution in [-0.4, -0.2) is 24.2 Å². The fraction of sp³-hybridized carbons (Fsp3) is 0.583. The van der Waals surface area contributed by atoms with Crippen LogP contribution in [-0.2, 0) is 0 Å². The largest absolute Gasteiger partial charge is 0.489 e. The molecular formula is C12H20N2O. The van der Waals surface area contributed by atoms with Crippen LogP contribution >= 0.6 is 0 Å². The number of hydrogen-bond acceptors (Lipinski definition) is 3. The summed E-state index contributed by atoms with van der Waals surface area (Å²) in [6.45, 7) is 6.32. The van der Waals surface area contributed by atoms with Crippen molar-refractivity contribution in [3.8, 4) is 5.75 Å². The van der Waals surface area contributed by atoms with E-state index < -0.39 is 0 Å². The quantitative estimate of drug-likeness (QED) is 0.698. The van der Waals surface area contributed by atoms with Crippen molar-refractivity contribution in [3.63, 3.8) is 0 Å². The Morgan fingerprint density at radius 1 is 1.53 bits per heavy atom. The van der Waals surface area contributed by atoms with Crippen LogP contribution in [0, 0.1) is 0 Å². The molecule has 0 saturated heterocycles. The zero-order valence-corrected chi connectivity index (χ0v) is 9.57.